The average Bonchev–Trinajstić information content (AvgIpc) is 1.99. The molecule has 0 aliphatic rings. The summed E-state index contributed by atoms with van der Waals surface area (Å²) in [4.78, 5) is 11.9. The van der Waals surface area contributed by atoms with Crippen LogP contribution in [0.1, 0.15) is 0 Å². The van der Waals surface area contributed by atoms with Crippen molar-refractivity contribution in [3.8, 4) is 0 Å². The van der Waals surface area contributed by atoms with Gasteiger partial charge in [-0.25, -0.2) is 4.79 Å². The Morgan fingerprint density at radius 3 is 2.54 bits per heavy atom. The zero-order valence-electron chi connectivity index (χ0n) is 7.19. The maximum atomic E-state index is 11.6. The predicted octanol–water partition coefficient (Wildman–Crippen LogP) is 1.38. The first-order valence-corrected chi connectivity index (χ1v) is 3.53. The van der Waals surface area contributed by atoms with E-state index in [9.17, 15) is 18.0 Å². The lowest BCUT2D eigenvalue weighted by Gasteiger charge is -2.16. The molecule has 0 aromatic carbocycles. The molecule has 0 atom stereocenters. The number of urea groups is 1. The van der Waals surface area contributed by atoms with E-state index < -0.39 is 18.8 Å². The Labute approximate surface area is 74.2 Å². The highest BCUT2D eigenvalue weighted by atomic mass is 19.4. The molecular formula is C7H11F3N2O. The molecule has 0 aliphatic carbocycles. The lowest BCUT2D eigenvalue weighted by Crippen LogP contribution is -2.41. The lowest BCUT2D eigenvalue weighted by molar-refractivity contribution is -0.123. The van der Waals surface area contributed by atoms with E-state index in [0.717, 1.165) is 4.90 Å². The molecule has 6 heteroatoms. The number of halogens is 3. The highest BCUT2D eigenvalue weighted by molar-refractivity contribution is 5.73. The monoisotopic (exact) mass is 196 g/mol. The number of hydrogen-bond acceptors (Lipinski definition) is 1. The molecule has 0 radical (unpaired) electrons. The molecule has 0 heterocycles. The molecule has 3 nitrogen and oxygen atoms in total. The van der Waals surface area contributed by atoms with Crippen LogP contribution in [0.2, 0.25) is 0 Å². The summed E-state index contributed by atoms with van der Waals surface area (Å²) in [5, 5.41) is 1.72. The molecule has 0 aliphatic heterocycles. The van der Waals surface area contributed by atoms with Crippen molar-refractivity contribution in [3.63, 3.8) is 0 Å². The largest absolute Gasteiger partial charge is 0.405 e. The van der Waals surface area contributed by atoms with Crippen LogP contribution in [-0.2, 0) is 0 Å². The smallest absolute Gasteiger partial charge is 0.329 e. The van der Waals surface area contributed by atoms with Gasteiger partial charge >= 0.3 is 12.2 Å². The van der Waals surface area contributed by atoms with Crippen LogP contribution in [0.15, 0.2) is 12.7 Å². The number of nitrogens with zero attached hydrogens (tertiary/aromatic N) is 1. The molecule has 2 amide bonds. The summed E-state index contributed by atoms with van der Waals surface area (Å²) in [6.45, 7) is 2.25. The Morgan fingerprint density at radius 2 is 2.15 bits per heavy atom. The molecule has 0 spiro atoms. The molecule has 0 fully saturated rings. The Morgan fingerprint density at radius 1 is 1.62 bits per heavy atom. The summed E-state index contributed by atoms with van der Waals surface area (Å²) in [5.74, 6) is 0. The number of alkyl halides is 3. The van der Waals surface area contributed by atoms with Crippen molar-refractivity contribution in [2.75, 3.05) is 20.1 Å². The maximum Gasteiger partial charge on any atom is 0.405 e. The summed E-state index contributed by atoms with van der Waals surface area (Å²) >= 11 is 0. The third-order valence-electron chi connectivity index (χ3n) is 1.19. The van der Waals surface area contributed by atoms with Crippen molar-refractivity contribution in [3.05, 3.63) is 12.7 Å². The molecule has 1 N–H and O–H groups in total. The molecular weight excluding hydrogens is 185 g/mol. The fourth-order valence-electron chi connectivity index (χ4n) is 0.587. The third kappa shape index (κ3) is 6.01. The first-order chi connectivity index (χ1) is 5.87. The van der Waals surface area contributed by atoms with Crippen molar-refractivity contribution in [2.24, 2.45) is 0 Å². The summed E-state index contributed by atoms with van der Waals surface area (Å²) in [6, 6.07) is -0.766. The molecule has 76 valence electrons. The van der Waals surface area contributed by atoms with Crippen LogP contribution >= 0.6 is 0 Å². The number of carbonyl (C=O) groups excluding carboxylic acids is 1. The molecule has 0 saturated carbocycles. The minimum absolute atomic E-state index is 0.212. The van der Waals surface area contributed by atoms with Gasteiger partial charge in [0.15, 0.2) is 0 Å². The zero-order chi connectivity index (χ0) is 10.5. The number of amides is 2. The predicted molar refractivity (Wildman–Crippen MR) is 42.3 cm³/mol. The van der Waals surface area contributed by atoms with E-state index in [1.165, 1.54) is 13.1 Å². The van der Waals surface area contributed by atoms with E-state index in [4.69, 9.17) is 0 Å². The van der Waals surface area contributed by atoms with Gasteiger partial charge in [-0.1, -0.05) is 6.08 Å². The van der Waals surface area contributed by atoms with Crippen molar-refractivity contribution in [1.29, 1.82) is 0 Å². The van der Waals surface area contributed by atoms with Crippen molar-refractivity contribution >= 4 is 6.03 Å². The number of nitrogens with one attached hydrogen (secondary N) is 1. The van der Waals surface area contributed by atoms with E-state index in [-0.39, 0.29) is 6.54 Å². The van der Waals surface area contributed by atoms with Crippen LogP contribution in [0.25, 0.3) is 0 Å². The normalized spacial score (nSPS) is 10.8. The van der Waals surface area contributed by atoms with E-state index in [1.807, 2.05) is 0 Å². The Bertz CT molecular complexity index is 191. The molecule has 13 heavy (non-hydrogen) atoms. The van der Waals surface area contributed by atoms with Gasteiger partial charge in [-0.05, 0) is 0 Å². The molecule has 0 saturated heterocycles. The first-order valence-electron chi connectivity index (χ1n) is 3.53. The topological polar surface area (TPSA) is 32.3 Å². The van der Waals surface area contributed by atoms with E-state index in [1.54, 1.807) is 5.32 Å². The summed E-state index contributed by atoms with van der Waals surface area (Å²) in [5.41, 5.74) is 0. The second-order valence-corrected chi connectivity index (χ2v) is 2.44. The van der Waals surface area contributed by atoms with Gasteiger partial charge in [0.25, 0.3) is 0 Å². The Hall–Kier alpha value is -1.20. The zero-order valence-corrected chi connectivity index (χ0v) is 7.19. The maximum absolute atomic E-state index is 11.6. The molecule has 0 unspecified atom stereocenters. The van der Waals surface area contributed by atoms with E-state index >= 15 is 0 Å². The summed E-state index contributed by atoms with van der Waals surface area (Å²) in [7, 11) is 1.38. The van der Waals surface area contributed by atoms with Crippen LogP contribution < -0.4 is 5.32 Å². The summed E-state index contributed by atoms with van der Waals surface area (Å²) < 4.78 is 34.8. The SMILES string of the molecule is C=CCN(C)C(=O)NCC(F)(F)F. The standard InChI is InChI=1S/C7H11F3N2O/c1-3-4-12(2)6(13)11-5-7(8,9)10/h3H,1,4-5H2,2H3,(H,11,13). The third-order valence-corrected chi connectivity index (χ3v) is 1.19. The van der Waals surface area contributed by atoms with Gasteiger partial charge in [0.1, 0.15) is 6.54 Å². The quantitative estimate of drug-likeness (QED) is 0.679. The van der Waals surface area contributed by atoms with Crippen LogP contribution in [-0.4, -0.2) is 37.2 Å². The fourth-order valence-corrected chi connectivity index (χ4v) is 0.587. The van der Waals surface area contributed by atoms with Crippen molar-refractivity contribution in [2.45, 2.75) is 6.18 Å². The second-order valence-electron chi connectivity index (χ2n) is 2.44. The van der Waals surface area contributed by atoms with Gasteiger partial charge in [-0.2, -0.15) is 13.2 Å². The van der Waals surface area contributed by atoms with Crippen LogP contribution in [0.5, 0.6) is 0 Å². The molecule has 0 aromatic heterocycles. The Balaban J connectivity index is 3.81. The first kappa shape index (κ1) is 11.8. The minimum Gasteiger partial charge on any atom is -0.329 e. The van der Waals surface area contributed by atoms with E-state index in [0.29, 0.717) is 0 Å². The van der Waals surface area contributed by atoms with Gasteiger partial charge < -0.3 is 10.2 Å². The van der Waals surface area contributed by atoms with Crippen molar-refractivity contribution < 1.29 is 18.0 Å². The second kappa shape index (κ2) is 4.74. The minimum atomic E-state index is -4.37. The molecule has 0 aromatic rings. The van der Waals surface area contributed by atoms with Gasteiger partial charge in [0.2, 0.25) is 0 Å². The summed E-state index contributed by atoms with van der Waals surface area (Å²) in [6.07, 6.45) is -2.95. The highest BCUT2D eigenvalue weighted by Gasteiger charge is 2.28. The highest BCUT2D eigenvalue weighted by Crippen LogP contribution is 2.12. The van der Waals surface area contributed by atoms with Crippen LogP contribution in [0, 0.1) is 0 Å². The molecule has 0 bridgehead atoms. The van der Waals surface area contributed by atoms with Gasteiger partial charge in [0, 0.05) is 13.6 Å². The van der Waals surface area contributed by atoms with Crippen molar-refractivity contribution in [1.82, 2.24) is 10.2 Å². The number of rotatable bonds is 3. The van der Waals surface area contributed by atoms with Gasteiger partial charge in [-0.3, -0.25) is 0 Å². The Kier molecular flexibility index (Phi) is 4.30. The lowest BCUT2D eigenvalue weighted by atomic mass is 10.5. The number of carbonyl (C=O) groups is 1. The molecule has 0 rings (SSSR count). The number of hydrogen-bond donors (Lipinski definition) is 1. The average molecular weight is 196 g/mol. The van der Waals surface area contributed by atoms with Crippen LogP contribution in [0.3, 0.4) is 0 Å². The number of likely N-dealkylation sites (N-methyl/N-ethyl adjacent to an activating group) is 1. The van der Waals surface area contributed by atoms with Gasteiger partial charge in [-0.15, -0.1) is 6.58 Å². The van der Waals surface area contributed by atoms with E-state index in [2.05, 4.69) is 6.58 Å². The van der Waals surface area contributed by atoms with Crippen LogP contribution in [0.4, 0.5) is 18.0 Å². The van der Waals surface area contributed by atoms with Gasteiger partial charge in [0.05, 0.1) is 0 Å². The fraction of sp³-hybridized carbons (Fsp3) is 0.571.